The van der Waals surface area contributed by atoms with E-state index in [9.17, 15) is 4.79 Å². The lowest BCUT2D eigenvalue weighted by Crippen LogP contribution is -2.37. The SMILES string of the molecule is CC#CCN1CCC(OC(=O)N2CC3CC(Nc4cc(O[C@@H]5CCCNC5)nc5c(C(C)C)cnn45)CC3C2)C1. The fourth-order valence-electron chi connectivity index (χ4n) is 6.84. The Hall–Kier alpha value is -3.03. The normalized spacial score (nSPS) is 28.5. The van der Waals surface area contributed by atoms with Crippen LogP contribution in [-0.2, 0) is 4.74 Å². The number of amides is 1. The summed E-state index contributed by atoms with van der Waals surface area (Å²) in [6.07, 6.45) is 6.97. The van der Waals surface area contributed by atoms with Gasteiger partial charge in [-0.2, -0.15) is 14.6 Å². The van der Waals surface area contributed by atoms with Gasteiger partial charge in [-0.3, -0.25) is 4.90 Å². The third-order valence-corrected chi connectivity index (χ3v) is 8.97. The van der Waals surface area contributed by atoms with Crippen molar-refractivity contribution in [3.05, 3.63) is 17.8 Å². The van der Waals surface area contributed by atoms with Crippen LogP contribution in [0.4, 0.5) is 10.6 Å². The average molecular weight is 550 g/mol. The van der Waals surface area contributed by atoms with Gasteiger partial charge in [-0.05, 0) is 63.3 Å². The van der Waals surface area contributed by atoms with Crippen molar-refractivity contribution in [2.24, 2.45) is 11.8 Å². The lowest BCUT2D eigenvalue weighted by Gasteiger charge is -2.24. The Bertz CT molecular complexity index is 1250. The molecule has 2 aromatic rings. The topological polar surface area (TPSA) is 96.3 Å². The molecule has 1 aliphatic carbocycles. The van der Waals surface area contributed by atoms with Gasteiger partial charge in [0.15, 0.2) is 5.65 Å². The molecular formula is C30H43N7O3. The van der Waals surface area contributed by atoms with Crippen LogP contribution in [0.5, 0.6) is 5.88 Å². The summed E-state index contributed by atoms with van der Waals surface area (Å²) < 4.78 is 14.2. The van der Waals surface area contributed by atoms with Crippen molar-refractivity contribution < 1.29 is 14.3 Å². The number of fused-ring (bicyclic) bond motifs is 2. The van der Waals surface area contributed by atoms with Crippen molar-refractivity contribution >= 4 is 17.6 Å². The van der Waals surface area contributed by atoms with Gasteiger partial charge in [-0.25, -0.2) is 4.79 Å². The molecule has 0 aromatic carbocycles. The number of ether oxygens (including phenoxy) is 2. The maximum Gasteiger partial charge on any atom is 0.410 e. The molecule has 0 radical (unpaired) electrons. The predicted octanol–water partition coefficient (Wildman–Crippen LogP) is 3.34. The number of hydrogen-bond donors (Lipinski definition) is 2. The van der Waals surface area contributed by atoms with Crippen LogP contribution in [0.15, 0.2) is 12.3 Å². The number of likely N-dealkylation sites (tertiary alicyclic amines) is 2. The highest BCUT2D eigenvalue weighted by molar-refractivity contribution is 5.68. The van der Waals surface area contributed by atoms with Crippen LogP contribution < -0.4 is 15.4 Å². The number of nitrogens with one attached hydrogen (secondary N) is 2. The number of aromatic nitrogens is 3. The van der Waals surface area contributed by atoms with Gasteiger partial charge in [0.05, 0.1) is 12.7 Å². The fourth-order valence-corrected chi connectivity index (χ4v) is 6.84. The van der Waals surface area contributed by atoms with Crippen LogP contribution in [0.2, 0.25) is 0 Å². The van der Waals surface area contributed by atoms with Gasteiger partial charge in [0, 0.05) is 50.4 Å². The van der Waals surface area contributed by atoms with Gasteiger partial charge >= 0.3 is 6.09 Å². The minimum atomic E-state index is -0.153. The summed E-state index contributed by atoms with van der Waals surface area (Å²) in [5, 5.41) is 11.9. The van der Waals surface area contributed by atoms with E-state index in [2.05, 4.69) is 41.2 Å². The van der Waals surface area contributed by atoms with Gasteiger partial charge < -0.3 is 25.0 Å². The van der Waals surface area contributed by atoms with Gasteiger partial charge in [-0.15, -0.1) is 5.92 Å². The molecule has 4 aliphatic rings. The molecule has 10 heteroatoms. The molecule has 4 fully saturated rings. The standard InChI is InChI=1S/C30H43N7O3/c1-4-5-10-35-11-8-25(19-35)40-30(38)36-17-21-12-23(13-22(21)18-36)33-27-14-28(39-24-7-6-9-31-15-24)34-29-26(20(2)3)16-32-37(27)29/h14,16,20-25,31,33H,6-13,15,17-19H2,1-3H3/t21?,22?,23?,24-,25?/m1/s1. The molecule has 4 atom stereocenters. The van der Waals surface area contributed by atoms with E-state index in [0.29, 0.717) is 29.7 Å². The monoisotopic (exact) mass is 549 g/mol. The summed E-state index contributed by atoms with van der Waals surface area (Å²) in [7, 11) is 0. The smallest absolute Gasteiger partial charge is 0.410 e. The molecule has 10 nitrogen and oxygen atoms in total. The van der Waals surface area contributed by atoms with Crippen molar-refractivity contribution in [3.63, 3.8) is 0 Å². The van der Waals surface area contributed by atoms with Gasteiger partial charge in [0.25, 0.3) is 0 Å². The largest absolute Gasteiger partial charge is 0.473 e. The molecular weight excluding hydrogens is 506 g/mol. The number of hydrogen-bond acceptors (Lipinski definition) is 8. The van der Waals surface area contributed by atoms with Crippen molar-refractivity contribution in [2.75, 3.05) is 51.1 Å². The summed E-state index contributed by atoms with van der Waals surface area (Å²) in [5.41, 5.74) is 1.98. The van der Waals surface area contributed by atoms with Crippen molar-refractivity contribution in [1.82, 2.24) is 29.7 Å². The Kier molecular flexibility index (Phi) is 8.03. The average Bonchev–Trinajstić information content (AvgIpc) is 3.71. The van der Waals surface area contributed by atoms with Crippen LogP contribution in [0, 0.1) is 23.7 Å². The molecule has 1 amide bonds. The molecule has 40 heavy (non-hydrogen) atoms. The van der Waals surface area contributed by atoms with Gasteiger partial charge in [0.1, 0.15) is 18.0 Å². The number of rotatable bonds is 7. The van der Waals surface area contributed by atoms with Crippen molar-refractivity contribution in [1.29, 1.82) is 0 Å². The first-order valence-electron chi connectivity index (χ1n) is 15.1. The van der Waals surface area contributed by atoms with Crippen LogP contribution >= 0.6 is 0 Å². The predicted molar refractivity (Wildman–Crippen MR) is 154 cm³/mol. The Morgan fingerprint density at radius 2 is 2.02 bits per heavy atom. The summed E-state index contributed by atoms with van der Waals surface area (Å²) in [6, 6.07) is 2.32. The van der Waals surface area contributed by atoms with Crippen LogP contribution in [0.25, 0.3) is 5.65 Å². The second-order valence-corrected chi connectivity index (χ2v) is 12.2. The quantitative estimate of drug-likeness (QED) is 0.508. The Morgan fingerprint density at radius 3 is 2.75 bits per heavy atom. The lowest BCUT2D eigenvalue weighted by atomic mass is 10.0. The van der Waals surface area contributed by atoms with E-state index in [-0.39, 0.29) is 18.3 Å². The first-order valence-corrected chi connectivity index (χ1v) is 15.1. The minimum Gasteiger partial charge on any atom is -0.473 e. The zero-order valence-electron chi connectivity index (χ0n) is 24.1. The molecule has 0 bridgehead atoms. The van der Waals surface area contributed by atoms with Crippen LogP contribution in [-0.4, -0.2) is 94.6 Å². The summed E-state index contributed by atoms with van der Waals surface area (Å²) >= 11 is 0. The minimum absolute atomic E-state index is 0.0271. The number of carbonyl (C=O) groups is 1. The number of piperidine rings is 1. The summed E-state index contributed by atoms with van der Waals surface area (Å²) in [6.45, 7) is 12.1. The van der Waals surface area contributed by atoms with Crippen LogP contribution in [0.1, 0.15) is 64.4 Å². The molecule has 6 rings (SSSR count). The number of anilines is 1. The Labute approximate surface area is 237 Å². The maximum absolute atomic E-state index is 12.9. The first-order chi connectivity index (χ1) is 19.5. The van der Waals surface area contributed by atoms with E-state index in [4.69, 9.17) is 19.6 Å². The van der Waals surface area contributed by atoms with E-state index in [1.807, 2.05) is 28.6 Å². The maximum atomic E-state index is 12.9. The molecule has 3 unspecified atom stereocenters. The molecule has 5 heterocycles. The molecule has 3 aliphatic heterocycles. The Morgan fingerprint density at radius 1 is 1.20 bits per heavy atom. The second kappa shape index (κ2) is 11.8. The molecule has 2 aromatic heterocycles. The lowest BCUT2D eigenvalue weighted by molar-refractivity contribution is 0.0703. The zero-order chi connectivity index (χ0) is 27.6. The molecule has 0 spiro atoms. The zero-order valence-corrected chi connectivity index (χ0v) is 24.1. The van der Waals surface area contributed by atoms with E-state index >= 15 is 0 Å². The third-order valence-electron chi connectivity index (χ3n) is 8.97. The van der Waals surface area contributed by atoms with Crippen molar-refractivity contribution in [2.45, 2.75) is 77.0 Å². The molecule has 3 saturated heterocycles. The van der Waals surface area contributed by atoms with Crippen molar-refractivity contribution in [3.8, 4) is 17.7 Å². The van der Waals surface area contributed by atoms with E-state index < -0.39 is 0 Å². The van der Waals surface area contributed by atoms with E-state index in [1.54, 1.807) is 0 Å². The van der Waals surface area contributed by atoms with E-state index in [0.717, 1.165) is 94.9 Å². The number of carbonyl (C=O) groups excluding carboxylic acids is 1. The number of nitrogens with zero attached hydrogens (tertiary/aromatic N) is 5. The fraction of sp³-hybridized carbons (Fsp3) is 0.700. The third kappa shape index (κ3) is 5.86. The van der Waals surface area contributed by atoms with Crippen LogP contribution in [0.3, 0.4) is 0 Å². The highest BCUT2D eigenvalue weighted by atomic mass is 16.6. The first kappa shape index (κ1) is 27.2. The van der Waals surface area contributed by atoms with Gasteiger partial charge in [0.2, 0.25) is 5.88 Å². The molecule has 216 valence electrons. The summed E-state index contributed by atoms with van der Waals surface area (Å²) in [5.74, 6) is 8.91. The molecule has 1 saturated carbocycles. The Balaban J connectivity index is 1.08. The van der Waals surface area contributed by atoms with E-state index in [1.165, 1.54) is 0 Å². The highest BCUT2D eigenvalue weighted by Crippen LogP contribution is 2.40. The second-order valence-electron chi connectivity index (χ2n) is 12.2. The van der Waals surface area contributed by atoms with Gasteiger partial charge in [-0.1, -0.05) is 19.8 Å². The summed E-state index contributed by atoms with van der Waals surface area (Å²) in [4.78, 5) is 22.0. The molecule has 2 N–H and O–H groups in total. The highest BCUT2D eigenvalue weighted by Gasteiger charge is 2.43.